The van der Waals surface area contributed by atoms with Crippen molar-refractivity contribution in [2.45, 2.75) is 6.92 Å². The molecule has 2 aromatic carbocycles. The van der Waals surface area contributed by atoms with Crippen molar-refractivity contribution in [2.75, 3.05) is 33.4 Å². The predicted molar refractivity (Wildman–Crippen MR) is 107 cm³/mol. The van der Waals surface area contributed by atoms with Gasteiger partial charge in [0.05, 0.1) is 20.3 Å². The molecule has 1 saturated heterocycles. The zero-order chi connectivity index (χ0) is 19.9. The Labute approximate surface area is 164 Å². The molecule has 2 amide bonds. The lowest BCUT2D eigenvalue weighted by atomic mass is 10.1. The number of aryl methyl sites for hydroxylation is 1. The fourth-order valence-corrected chi connectivity index (χ4v) is 2.85. The standard InChI is InChI=1S/C22H24N2O4/c1-16-3-7-18(8-4-16)21(25)23-20(22(26)24-11-13-28-14-12-24)15-17-5-9-19(27-2)10-6-17/h3-10,15H,11-14H2,1-2H3,(H,23,25)/b20-15-. The van der Waals surface area contributed by atoms with Gasteiger partial charge in [-0.3, -0.25) is 9.59 Å². The number of amides is 2. The number of carbonyl (C=O) groups is 2. The Kier molecular flexibility index (Phi) is 6.45. The summed E-state index contributed by atoms with van der Waals surface area (Å²) in [4.78, 5) is 27.4. The molecule has 0 saturated carbocycles. The summed E-state index contributed by atoms with van der Waals surface area (Å²) in [7, 11) is 1.60. The van der Waals surface area contributed by atoms with Crippen LogP contribution in [0.4, 0.5) is 0 Å². The molecule has 1 aliphatic heterocycles. The smallest absolute Gasteiger partial charge is 0.270 e. The Morgan fingerprint density at radius 3 is 2.29 bits per heavy atom. The van der Waals surface area contributed by atoms with Crippen LogP contribution in [0.1, 0.15) is 21.5 Å². The number of nitrogens with one attached hydrogen (secondary N) is 1. The minimum absolute atomic E-state index is 0.223. The molecule has 1 N–H and O–H groups in total. The van der Waals surface area contributed by atoms with E-state index in [1.807, 2.05) is 43.3 Å². The lowest BCUT2D eigenvalue weighted by Crippen LogP contribution is -2.44. The first-order valence-electron chi connectivity index (χ1n) is 9.17. The van der Waals surface area contributed by atoms with Crippen molar-refractivity contribution in [3.05, 3.63) is 70.9 Å². The summed E-state index contributed by atoms with van der Waals surface area (Å²) in [5.41, 5.74) is 2.59. The highest BCUT2D eigenvalue weighted by molar-refractivity contribution is 6.05. The monoisotopic (exact) mass is 380 g/mol. The largest absolute Gasteiger partial charge is 0.497 e. The van der Waals surface area contributed by atoms with Gasteiger partial charge in [0, 0.05) is 18.7 Å². The molecule has 3 rings (SSSR count). The number of hydrogen-bond acceptors (Lipinski definition) is 4. The minimum Gasteiger partial charge on any atom is -0.497 e. The molecule has 0 radical (unpaired) electrons. The van der Waals surface area contributed by atoms with E-state index in [2.05, 4.69) is 5.32 Å². The molecule has 0 spiro atoms. The molecular formula is C22H24N2O4. The highest BCUT2D eigenvalue weighted by Crippen LogP contribution is 2.15. The molecular weight excluding hydrogens is 356 g/mol. The van der Waals surface area contributed by atoms with Gasteiger partial charge in [-0.2, -0.15) is 0 Å². The fourth-order valence-electron chi connectivity index (χ4n) is 2.85. The van der Waals surface area contributed by atoms with E-state index in [0.29, 0.717) is 31.9 Å². The number of nitrogens with zero attached hydrogens (tertiary/aromatic N) is 1. The average Bonchev–Trinajstić information content (AvgIpc) is 2.74. The van der Waals surface area contributed by atoms with Crippen molar-refractivity contribution in [3.63, 3.8) is 0 Å². The van der Waals surface area contributed by atoms with Crippen molar-refractivity contribution in [3.8, 4) is 5.75 Å². The molecule has 1 heterocycles. The SMILES string of the molecule is COc1ccc(/C=C(\NC(=O)c2ccc(C)cc2)C(=O)N2CCOCC2)cc1. The molecule has 2 aromatic rings. The molecule has 6 nitrogen and oxygen atoms in total. The van der Waals surface area contributed by atoms with Crippen LogP contribution in [0.25, 0.3) is 6.08 Å². The highest BCUT2D eigenvalue weighted by Gasteiger charge is 2.22. The van der Waals surface area contributed by atoms with Crippen molar-refractivity contribution in [1.29, 1.82) is 0 Å². The molecule has 0 aliphatic carbocycles. The number of hydrogen-bond donors (Lipinski definition) is 1. The molecule has 0 aromatic heterocycles. The van der Waals surface area contributed by atoms with E-state index in [9.17, 15) is 9.59 Å². The maximum absolute atomic E-state index is 13.0. The molecule has 0 atom stereocenters. The lowest BCUT2D eigenvalue weighted by molar-refractivity contribution is -0.131. The van der Waals surface area contributed by atoms with E-state index < -0.39 is 0 Å². The van der Waals surface area contributed by atoms with Crippen LogP contribution in [0, 0.1) is 6.92 Å². The second-order valence-corrected chi connectivity index (χ2v) is 6.56. The van der Waals surface area contributed by atoms with Gasteiger partial charge < -0.3 is 19.7 Å². The number of carbonyl (C=O) groups excluding carboxylic acids is 2. The zero-order valence-electron chi connectivity index (χ0n) is 16.1. The van der Waals surface area contributed by atoms with Crippen LogP contribution in [-0.4, -0.2) is 50.1 Å². The van der Waals surface area contributed by atoms with Crippen molar-refractivity contribution >= 4 is 17.9 Å². The minimum atomic E-state index is -0.318. The summed E-state index contributed by atoms with van der Waals surface area (Å²) in [5.74, 6) is 0.183. The quantitative estimate of drug-likeness (QED) is 0.810. The number of benzene rings is 2. The van der Waals surface area contributed by atoms with E-state index in [1.165, 1.54) is 0 Å². The fraction of sp³-hybridized carbons (Fsp3) is 0.273. The lowest BCUT2D eigenvalue weighted by Gasteiger charge is -2.27. The van der Waals surface area contributed by atoms with Crippen LogP contribution >= 0.6 is 0 Å². The normalized spacial score (nSPS) is 14.5. The van der Waals surface area contributed by atoms with Gasteiger partial charge in [0.2, 0.25) is 0 Å². The maximum Gasteiger partial charge on any atom is 0.270 e. The predicted octanol–water partition coefficient (Wildman–Crippen LogP) is 2.63. The summed E-state index contributed by atoms with van der Waals surface area (Å²) in [6, 6.07) is 14.5. The van der Waals surface area contributed by atoms with Gasteiger partial charge in [0.15, 0.2) is 0 Å². The van der Waals surface area contributed by atoms with Gasteiger partial charge in [-0.15, -0.1) is 0 Å². The Morgan fingerprint density at radius 2 is 1.68 bits per heavy atom. The molecule has 0 bridgehead atoms. The van der Waals surface area contributed by atoms with Gasteiger partial charge in [0.25, 0.3) is 11.8 Å². The van der Waals surface area contributed by atoms with Crippen LogP contribution in [0.5, 0.6) is 5.75 Å². The molecule has 1 aliphatic rings. The topological polar surface area (TPSA) is 67.9 Å². The summed E-state index contributed by atoms with van der Waals surface area (Å²) in [6.07, 6.45) is 1.68. The maximum atomic E-state index is 13.0. The zero-order valence-corrected chi connectivity index (χ0v) is 16.1. The third-order valence-electron chi connectivity index (χ3n) is 4.52. The van der Waals surface area contributed by atoms with E-state index in [1.54, 1.807) is 30.2 Å². The second kappa shape index (κ2) is 9.19. The van der Waals surface area contributed by atoms with Crippen LogP contribution in [-0.2, 0) is 9.53 Å². The van der Waals surface area contributed by atoms with Gasteiger partial charge in [-0.25, -0.2) is 0 Å². The Morgan fingerprint density at radius 1 is 1.04 bits per heavy atom. The van der Waals surface area contributed by atoms with Crippen LogP contribution in [0.15, 0.2) is 54.2 Å². The number of ether oxygens (including phenoxy) is 2. The summed E-state index contributed by atoms with van der Waals surface area (Å²) >= 11 is 0. The number of rotatable bonds is 5. The van der Waals surface area contributed by atoms with E-state index in [-0.39, 0.29) is 17.5 Å². The molecule has 0 unspecified atom stereocenters. The van der Waals surface area contributed by atoms with Crippen molar-refractivity contribution in [1.82, 2.24) is 10.2 Å². The third-order valence-corrected chi connectivity index (χ3v) is 4.52. The van der Waals surface area contributed by atoms with Crippen LogP contribution in [0.3, 0.4) is 0 Å². The molecule has 6 heteroatoms. The van der Waals surface area contributed by atoms with Gasteiger partial charge in [-0.05, 0) is 42.8 Å². The van der Waals surface area contributed by atoms with Crippen molar-refractivity contribution in [2.24, 2.45) is 0 Å². The third kappa shape index (κ3) is 4.98. The molecule has 1 fully saturated rings. The number of methoxy groups -OCH3 is 1. The Bertz CT molecular complexity index is 851. The average molecular weight is 380 g/mol. The Balaban J connectivity index is 1.86. The number of morpholine rings is 1. The summed E-state index contributed by atoms with van der Waals surface area (Å²) in [6.45, 7) is 3.94. The first-order valence-corrected chi connectivity index (χ1v) is 9.17. The first-order chi connectivity index (χ1) is 13.6. The first kappa shape index (κ1) is 19.6. The van der Waals surface area contributed by atoms with E-state index >= 15 is 0 Å². The summed E-state index contributed by atoms with van der Waals surface area (Å²) in [5, 5.41) is 2.79. The second-order valence-electron chi connectivity index (χ2n) is 6.56. The van der Waals surface area contributed by atoms with Crippen LogP contribution < -0.4 is 10.1 Å². The van der Waals surface area contributed by atoms with E-state index in [0.717, 1.165) is 16.9 Å². The van der Waals surface area contributed by atoms with Crippen molar-refractivity contribution < 1.29 is 19.1 Å². The van der Waals surface area contributed by atoms with Crippen LogP contribution in [0.2, 0.25) is 0 Å². The molecule has 146 valence electrons. The Hall–Kier alpha value is -3.12. The van der Waals surface area contributed by atoms with Gasteiger partial charge in [0.1, 0.15) is 11.4 Å². The van der Waals surface area contributed by atoms with Gasteiger partial charge in [-0.1, -0.05) is 29.8 Å². The van der Waals surface area contributed by atoms with Gasteiger partial charge >= 0.3 is 0 Å². The summed E-state index contributed by atoms with van der Waals surface area (Å²) < 4.78 is 10.5. The molecule has 28 heavy (non-hydrogen) atoms. The highest BCUT2D eigenvalue weighted by atomic mass is 16.5. The van der Waals surface area contributed by atoms with E-state index in [4.69, 9.17) is 9.47 Å².